The Hall–Kier alpha value is -0.990. The zero-order valence-corrected chi connectivity index (χ0v) is 4.96. The SMILES string of the molecule is C=C(O)[C@H]1CCC(=O)O1. The molecule has 0 amide bonds. The Bertz CT molecular complexity index is 150. The van der Waals surface area contributed by atoms with Crippen LogP contribution in [0.5, 0.6) is 0 Å². The predicted molar refractivity (Wildman–Crippen MR) is 30.9 cm³/mol. The average Bonchev–Trinajstić information content (AvgIpc) is 2.14. The minimum atomic E-state index is -0.447. The number of carbonyl (C=O) groups is 1. The molecule has 0 saturated carbocycles. The number of carbonyl (C=O) groups excluding carboxylic acids is 1. The second kappa shape index (κ2) is 2.09. The molecule has 1 atom stereocenters. The summed E-state index contributed by atoms with van der Waals surface area (Å²) in [6.07, 6.45) is 0.510. The van der Waals surface area contributed by atoms with E-state index in [9.17, 15) is 4.79 Å². The summed E-state index contributed by atoms with van der Waals surface area (Å²) in [5.41, 5.74) is 0. The van der Waals surface area contributed by atoms with Gasteiger partial charge in [0.05, 0.1) is 0 Å². The summed E-state index contributed by atoms with van der Waals surface area (Å²) in [6.45, 7) is 3.25. The van der Waals surface area contributed by atoms with Gasteiger partial charge in [-0.05, 0) is 0 Å². The lowest BCUT2D eigenvalue weighted by Crippen LogP contribution is -2.08. The molecule has 0 aromatic rings. The van der Waals surface area contributed by atoms with Crippen molar-refractivity contribution >= 4 is 5.97 Å². The molecule has 1 heterocycles. The van der Waals surface area contributed by atoms with Crippen LogP contribution < -0.4 is 0 Å². The minimum Gasteiger partial charge on any atom is -0.509 e. The summed E-state index contributed by atoms with van der Waals surface area (Å²) in [5, 5.41) is 8.70. The maximum absolute atomic E-state index is 10.4. The maximum atomic E-state index is 10.4. The van der Waals surface area contributed by atoms with Crippen LogP contribution in [-0.4, -0.2) is 17.2 Å². The van der Waals surface area contributed by atoms with Gasteiger partial charge in [-0.2, -0.15) is 0 Å². The molecule has 0 aromatic carbocycles. The first-order chi connectivity index (χ1) is 4.20. The molecule has 1 rings (SSSR count). The summed E-state index contributed by atoms with van der Waals surface area (Å²) in [4.78, 5) is 10.4. The highest BCUT2D eigenvalue weighted by Gasteiger charge is 2.24. The third kappa shape index (κ3) is 1.22. The molecule has 3 nitrogen and oxygen atoms in total. The maximum Gasteiger partial charge on any atom is 0.306 e. The van der Waals surface area contributed by atoms with E-state index < -0.39 is 6.10 Å². The summed E-state index contributed by atoms with van der Waals surface area (Å²) in [6, 6.07) is 0. The fourth-order valence-corrected chi connectivity index (χ4v) is 0.760. The van der Waals surface area contributed by atoms with Crippen molar-refractivity contribution in [1.82, 2.24) is 0 Å². The molecule has 1 fully saturated rings. The van der Waals surface area contributed by atoms with Crippen molar-refractivity contribution in [3.63, 3.8) is 0 Å². The lowest BCUT2D eigenvalue weighted by atomic mass is 10.2. The third-order valence-electron chi connectivity index (χ3n) is 1.26. The molecule has 1 aliphatic heterocycles. The molecule has 0 unspecified atom stereocenters. The van der Waals surface area contributed by atoms with E-state index in [0.717, 1.165) is 0 Å². The number of esters is 1. The van der Waals surface area contributed by atoms with Gasteiger partial charge >= 0.3 is 5.97 Å². The van der Waals surface area contributed by atoms with Crippen molar-refractivity contribution in [2.75, 3.05) is 0 Å². The molecule has 0 spiro atoms. The Labute approximate surface area is 52.9 Å². The first kappa shape index (κ1) is 6.13. The lowest BCUT2D eigenvalue weighted by molar-refractivity contribution is -0.141. The number of aliphatic hydroxyl groups is 1. The molecule has 1 saturated heterocycles. The van der Waals surface area contributed by atoms with Crippen LogP contribution in [0.3, 0.4) is 0 Å². The monoisotopic (exact) mass is 128 g/mol. The van der Waals surface area contributed by atoms with Crippen LogP contribution in [0.2, 0.25) is 0 Å². The van der Waals surface area contributed by atoms with Crippen LogP contribution in [0.4, 0.5) is 0 Å². The molecule has 1 N–H and O–H groups in total. The Morgan fingerprint density at radius 2 is 2.56 bits per heavy atom. The molecule has 0 aromatic heterocycles. The van der Waals surface area contributed by atoms with E-state index in [4.69, 9.17) is 5.11 Å². The molecule has 1 aliphatic rings. The Kier molecular flexibility index (Phi) is 1.42. The van der Waals surface area contributed by atoms with Gasteiger partial charge in [-0.25, -0.2) is 0 Å². The summed E-state index contributed by atoms with van der Waals surface area (Å²) in [7, 11) is 0. The second-order valence-corrected chi connectivity index (χ2v) is 2.01. The van der Waals surface area contributed by atoms with Gasteiger partial charge in [-0.3, -0.25) is 4.79 Å². The second-order valence-electron chi connectivity index (χ2n) is 2.01. The fourth-order valence-electron chi connectivity index (χ4n) is 0.760. The first-order valence-corrected chi connectivity index (χ1v) is 2.77. The van der Waals surface area contributed by atoms with Gasteiger partial charge in [-0.15, -0.1) is 0 Å². The zero-order valence-electron chi connectivity index (χ0n) is 4.96. The number of rotatable bonds is 1. The highest BCUT2D eigenvalue weighted by atomic mass is 16.6. The molecule has 0 aliphatic carbocycles. The molecule has 9 heavy (non-hydrogen) atoms. The van der Waals surface area contributed by atoms with E-state index in [1.807, 2.05) is 0 Å². The van der Waals surface area contributed by atoms with Crippen LogP contribution in [0.25, 0.3) is 0 Å². The molecule has 0 radical (unpaired) electrons. The highest BCUT2D eigenvalue weighted by Crippen LogP contribution is 2.17. The minimum absolute atomic E-state index is 0.0548. The molecule has 3 heteroatoms. The zero-order chi connectivity index (χ0) is 6.85. The van der Waals surface area contributed by atoms with Gasteiger partial charge in [-0.1, -0.05) is 6.58 Å². The molecular formula is C6H8O3. The van der Waals surface area contributed by atoms with E-state index in [1.165, 1.54) is 0 Å². The van der Waals surface area contributed by atoms with Crippen molar-refractivity contribution in [3.05, 3.63) is 12.3 Å². The molecular weight excluding hydrogens is 120 g/mol. The van der Waals surface area contributed by atoms with Gasteiger partial charge in [0, 0.05) is 12.8 Å². The van der Waals surface area contributed by atoms with Crippen molar-refractivity contribution in [2.45, 2.75) is 18.9 Å². The largest absolute Gasteiger partial charge is 0.509 e. The highest BCUT2D eigenvalue weighted by molar-refractivity contribution is 5.71. The standard InChI is InChI=1S/C6H8O3/c1-4(7)5-2-3-6(8)9-5/h5,7H,1-3H2/t5-/m1/s1. The summed E-state index contributed by atoms with van der Waals surface area (Å²) in [5.74, 6) is -0.309. The van der Waals surface area contributed by atoms with Crippen molar-refractivity contribution in [3.8, 4) is 0 Å². The predicted octanol–water partition coefficient (Wildman–Crippen LogP) is 0.764. The normalized spacial score (nSPS) is 25.8. The number of cyclic esters (lactones) is 1. The lowest BCUT2D eigenvalue weighted by Gasteiger charge is -2.04. The number of hydrogen-bond acceptors (Lipinski definition) is 3. The number of ether oxygens (including phenoxy) is 1. The van der Waals surface area contributed by atoms with Gasteiger partial charge in [0.15, 0.2) is 6.10 Å². The average molecular weight is 128 g/mol. The summed E-state index contributed by atoms with van der Waals surface area (Å²) >= 11 is 0. The Morgan fingerprint density at radius 3 is 2.78 bits per heavy atom. The van der Waals surface area contributed by atoms with Gasteiger partial charge in [0.2, 0.25) is 0 Å². The number of aliphatic hydroxyl groups excluding tert-OH is 1. The van der Waals surface area contributed by atoms with Crippen LogP contribution in [0, 0.1) is 0 Å². The summed E-state index contributed by atoms with van der Waals surface area (Å²) < 4.78 is 4.63. The molecule has 0 bridgehead atoms. The Morgan fingerprint density at radius 1 is 1.89 bits per heavy atom. The van der Waals surface area contributed by atoms with Crippen LogP contribution >= 0.6 is 0 Å². The van der Waals surface area contributed by atoms with Gasteiger partial charge in [0.25, 0.3) is 0 Å². The third-order valence-corrected chi connectivity index (χ3v) is 1.26. The van der Waals surface area contributed by atoms with E-state index >= 15 is 0 Å². The van der Waals surface area contributed by atoms with Gasteiger partial charge in [0.1, 0.15) is 5.76 Å². The number of hydrogen-bond donors (Lipinski definition) is 1. The van der Waals surface area contributed by atoms with E-state index in [2.05, 4.69) is 11.3 Å². The first-order valence-electron chi connectivity index (χ1n) is 2.77. The fraction of sp³-hybridized carbons (Fsp3) is 0.500. The molecule has 50 valence electrons. The van der Waals surface area contributed by atoms with E-state index in [0.29, 0.717) is 12.8 Å². The van der Waals surface area contributed by atoms with Crippen LogP contribution in [0.1, 0.15) is 12.8 Å². The van der Waals surface area contributed by atoms with Crippen molar-refractivity contribution in [2.24, 2.45) is 0 Å². The van der Waals surface area contributed by atoms with Crippen LogP contribution in [-0.2, 0) is 9.53 Å². The van der Waals surface area contributed by atoms with Gasteiger partial charge < -0.3 is 9.84 Å². The Balaban J connectivity index is 2.48. The van der Waals surface area contributed by atoms with E-state index in [-0.39, 0.29) is 11.7 Å². The van der Waals surface area contributed by atoms with Crippen molar-refractivity contribution in [1.29, 1.82) is 0 Å². The van der Waals surface area contributed by atoms with Crippen molar-refractivity contribution < 1.29 is 14.6 Å². The quantitative estimate of drug-likeness (QED) is 0.419. The smallest absolute Gasteiger partial charge is 0.306 e. The van der Waals surface area contributed by atoms with Crippen LogP contribution in [0.15, 0.2) is 12.3 Å². The topological polar surface area (TPSA) is 46.5 Å². The van der Waals surface area contributed by atoms with E-state index in [1.54, 1.807) is 0 Å².